The quantitative estimate of drug-likeness (QED) is 0.808. The molecule has 0 N–H and O–H groups in total. The average molecular weight is 277 g/mol. The Hall–Kier alpha value is -2.17. The Morgan fingerprint density at radius 2 is 2.05 bits per heavy atom. The third-order valence-electron chi connectivity index (χ3n) is 2.89. The van der Waals surface area contributed by atoms with Gasteiger partial charge < -0.3 is 9.47 Å². The predicted molar refractivity (Wildman–Crippen MR) is 73.5 cm³/mol. The van der Waals surface area contributed by atoms with E-state index in [2.05, 4.69) is 9.72 Å². The summed E-state index contributed by atoms with van der Waals surface area (Å²) in [6.07, 6.45) is -0.0727. The minimum Gasteiger partial charge on any atom is -0.490 e. The number of hydrogen-bond acceptors (Lipinski definition) is 4. The van der Waals surface area contributed by atoms with Crippen LogP contribution in [0.4, 0.5) is 4.39 Å². The summed E-state index contributed by atoms with van der Waals surface area (Å²) in [7, 11) is 1.27. The molecule has 1 aromatic carbocycles. The lowest BCUT2D eigenvalue weighted by Gasteiger charge is -2.14. The number of hydrogen-bond donors (Lipinski definition) is 0. The van der Waals surface area contributed by atoms with Gasteiger partial charge in [0.25, 0.3) is 0 Å². The van der Waals surface area contributed by atoms with Crippen molar-refractivity contribution in [2.24, 2.45) is 0 Å². The molecule has 1 heterocycles. The highest BCUT2D eigenvalue weighted by molar-refractivity contribution is 5.95. The Morgan fingerprint density at radius 3 is 2.65 bits per heavy atom. The van der Waals surface area contributed by atoms with Gasteiger partial charge in [-0.15, -0.1) is 0 Å². The first-order valence-corrected chi connectivity index (χ1v) is 6.29. The summed E-state index contributed by atoms with van der Waals surface area (Å²) < 4.78 is 24.0. The summed E-state index contributed by atoms with van der Waals surface area (Å²) in [5.74, 6) is -0.458. The molecule has 0 radical (unpaired) electrons. The zero-order valence-electron chi connectivity index (χ0n) is 11.9. The number of esters is 1. The zero-order chi connectivity index (χ0) is 14.9. The van der Waals surface area contributed by atoms with Gasteiger partial charge in [-0.05, 0) is 32.9 Å². The van der Waals surface area contributed by atoms with Gasteiger partial charge in [-0.1, -0.05) is 0 Å². The van der Waals surface area contributed by atoms with E-state index in [0.717, 1.165) is 0 Å². The summed E-state index contributed by atoms with van der Waals surface area (Å²) in [5.41, 5.74) is 0.884. The maximum atomic E-state index is 13.7. The van der Waals surface area contributed by atoms with Crippen LogP contribution in [0.2, 0.25) is 0 Å². The maximum absolute atomic E-state index is 13.7. The summed E-state index contributed by atoms with van der Waals surface area (Å²) in [6, 6.07) is 4.49. The number of carbonyl (C=O) groups is 1. The molecule has 2 rings (SSSR count). The lowest BCUT2D eigenvalue weighted by molar-refractivity contribution is 0.0593. The van der Waals surface area contributed by atoms with Crippen LogP contribution in [0.3, 0.4) is 0 Å². The normalized spacial score (nSPS) is 10.9. The third-order valence-corrected chi connectivity index (χ3v) is 2.89. The van der Waals surface area contributed by atoms with Gasteiger partial charge >= 0.3 is 5.97 Å². The van der Waals surface area contributed by atoms with Gasteiger partial charge in [0.2, 0.25) is 0 Å². The van der Waals surface area contributed by atoms with Crippen molar-refractivity contribution in [1.82, 2.24) is 4.98 Å². The number of ether oxygens (including phenoxy) is 2. The van der Waals surface area contributed by atoms with Crippen LogP contribution in [0.15, 0.2) is 18.2 Å². The first kappa shape index (κ1) is 14.2. The molecule has 0 aliphatic carbocycles. The number of nitrogens with zero attached hydrogens (tertiary/aromatic N) is 1. The van der Waals surface area contributed by atoms with E-state index in [-0.39, 0.29) is 17.6 Å². The van der Waals surface area contributed by atoms with Gasteiger partial charge in [0.15, 0.2) is 5.69 Å². The Balaban J connectivity index is 2.74. The Bertz CT molecular complexity index is 668. The molecule has 0 bridgehead atoms. The molecule has 0 fully saturated rings. The Kier molecular flexibility index (Phi) is 3.88. The summed E-state index contributed by atoms with van der Waals surface area (Å²) in [5, 5.41) is 0.672. The number of benzene rings is 1. The summed E-state index contributed by atoms with van der Waals surface area (Å²) in [4.78, 5) is 15.8. The first-order chi connectivity index (χ1) is 9.43. The van der Waals surface area contributed by atoms with E-state index in [4.69, 9.17) is 4.74 Å². The minimum atomic E-state index is -0.579. The largest absolute Gasteiger partial charge is 0.490 e. The van der Waals surface area contributed by atoms with E-state index in [9.17, 15) is 9.18 Å². The number of aromatic nitrogens is 1. The van der Waals surface area contributed by atoms with E-state index < -0.39 is 5.97 Å². The SMILES string of the molecule is COC(=O)c1cc(OC(C)C)c2ccc(F)c(C)c2n1. The molecule has 0 aliphatic rings. The molecule has 5 heteroatoms. The molecule has 106 valence electrons. The Morgan fingerprint density at radius 1 is 1.35 bits per heavy atom. The Labute approximate surface area is 116 Å². The highest BCUT2D eigenvalue weighted by Gasteiger charge is 2.16. The molecule has 0 saturated heterocycles. The van der Waals surface area contributed by atoms with Crippen LogP contribution in [0.1, 0.15) is 29.9 Å². The monoisotopic (exact) mass is 277 g/mol. The van der Waals surface area contributed by atoms with Gasteiger partial charge in [-0.3, -0.25) is 0 Å². The van der Waals surface area contributed by atoms with Crippen molar-refractivity contribution >= 4 is 16.9 Å². The highest BCUT2D eigenvalue weighted by Crippen LogP contribution is 2.29. The van der Waals surface area contributed by atoms with Crippen molar-refractivity contribution in [2.75, 3.05) is 7.11 Å². The second kappa shape index (κ2) is 5.45. The number of pyridine rings is 1. The van der Waals surface area contributed by atoms with Gasteiger partial charge in [0.1, 0.15) is 11.6 Å². The number of halogens is 1. The number of fused-ring (bicyclic) bond motifs is 1. The van der Waals surface area contributed by atoms with E-state index in [1.165, 1.54) is 19.2 Å². The molecule has 1 aromatic heterocycles. The van der Waals surface area contributed by atoms with Crippen molar-refractivity contribution in [3.63, 3.8) is 0 Å². The van der Waals surface area contributed by atoms with Crippen LogP contribution in [0, 0.1) is 12.7 Å². The van der Waals surface area contributed by atoms with Crippen LogP contribution >= 0.6 is 0 Å². The van der Waals surface area contributed by atoms with Gasteiger partial charge in [0, 0.05) is 17.0 Å². The molecule has 0 unspecified atom stereocenters. The third kappa shape index (κ3) is 2.57. The molecule has 20 heavy (non-hydrogen) atoms. The molecule has 0 atom stereocenters. The minimum absolute atomic E-state index is 0.0727. The fourth-order valence-corrected chi connectivity index (χ4v) is 1.93. The fourth-order valence-electron chi connectivity index (χ4n) is 1.93. The predicted octanol–water partition coefficient (Wildman–Crippen LogP) is 3.26. The van der Waals surface area contributed by atoms with Crippen molar-refractivity contribution in [2.45, 2.75) is 26.9 Å². The van der Waals surface area contributed by atoms with Crippen molar-refractivity contribution in [3.05, 3.63) is 35.3 Å². The van der Waals surface area contributed by atoms with Crippen LogP contribution in [0.5, 0.6) is 5.75 Å². The first-order valence-electron chi connectivity index (χ1n) is 6.29. The van der Waals surface area contributed by atoms with Crippen LogP contribution in [0.25, 0.3) is 10.9 Å². The molecule has 0 spiro atoms. The summed E-state index contributed by atoms with van der Waals surface area (Å²) >= 11 is 0. The van der Waals surface area contributed by atoms with E-state index >= 15 is 0 Å². The zero-order valence-corrected chi connectivity index (χ0v) is 11.9. The smallest absolute Gasteiger partial charge is 0.356 e. The van der Waals surface area contributed by atoms with Gasteiger partial charge in [-0.25, -0.2) is 14.2 Å². The topological polar surface area (TPSA) is 48.4 Å². The lowest BCUT2D eigenvalue weighted by atomic mass is 10.1. The number of aryl methyl sites for hydroxylation is 1. The second-order valence-electron chi connectivity index (χ2n) is 4.73. The van der Waals surface area contributed by atoms with Crippen LogP contribution < -0.4 is 4.74 Å². The van der Waals surface area contributed by atoms with Crippen LogP contribution in [-0.4, -0.2) is 24.2 Å². The molecular formula is C15H16FNO3. The molecule has 2 aromatic rings. The van der Waals surface area contributed by atoms with Crippen molar-refractivity contribution in [1.29, 1.82) is 0 Å². The number of rotatable bonds is 3. The highest BCUT2D eigenvalue weighted by atomic mass is 19.1. The van der Waals surface area contributed by atoms with E-state index in [0.29, 0.717) is 22.2 Å². The fraction of sp³-hybridized carbons (Fsp3) is 0.333. The second-order valence-corrected chi connectivity index (χ2v) is 4.73. The van der Waals surface area contributed by atoms with Crippen molar-refractivity contribution in [3.8, 4) is 5.75 Å². The maximum Gasteiger partial charge on any atom is 0.356 e. The van der Waals surface area contributed by atoms with Crippen LogP contribution in [-0.2, 0) is 4.74 Å². The molecule has 0 amide bonds. The number of carbonyl (C=O) groups excluding carboxylic acids is 1. The van der Waals surface area contributed by atoms with Gasteiger partial charge in [0.05, 0.1) is 18.7 Å². The van der Waals surface area contributed by atoms with Gasteiger partial charge in [-0.2, -0.15) is 0 Å². The van der Waals surface area contributed by atoms with Crippen molar-refractivity contribution < 1.29 is 18.7 Å². The molecular weight excluding hydrogens is 261 g/mol. The van der Waals surface area contributed by atoms with E-state index in [1.807, 2.05) is 13.8 Å². The van der Waals surface area contributed by atoms with E-state index in [1.54, 1.807) is 13.0 Å². The molecule has 4 nitrogen and oxygen atoms in total. The standard InChI is InChI=1S/C15H16FNO3/c1-8(2)20-13-7-12(15(18)19-4)17-14-9(3)11(16)6-5-10(13)14/h5-8H,1-4H3. The molecule has 0 saturated carbocycles. The average Bonchev–Trinajstić information content (AvgIpc) is 2.41. The lowest BCUT2D eigenvalue weighted by Crippen LogP contribution is -2.10. The summed E-state index contributed by atoms with van der Waals surface area (Å²) in [6.45, 7) is 5.37. The number of methoxy groups -OCH3 is 1. The molecule has 0 aliphatic heterocycles.